The van der Waals surface area contributed by atoms with E-state index in [0.29, 0.717) is 0 Å². The van der Waals surface area contributed by atoms with Crippen LogP contribution in [0.1, 0.15) is 54.9 Å². The Morgan fingerprint density at radius 1 is 1.44 bits per heavy atom. The molecule has 1 aliphatic carbocycles. The van der Waals surface area contributed by atoms with Gasteiger partial charge in [0.1, 0.15) is 0 Å². The normalized spacial score (nSPS) is 14.9. The van der Waals surface area contributed by atoms with E-state index in [1.165, 1.54) is 30.4 Å². The minimum atomic E-state index is 0.803. The Bertz CT molecular complexity index is 501. The van der Waals surface area contributed by atoms with Crippen molar-refractivity contribution in [1.29, 1.82) is 5.26 Å². The molecule has 1 aromatic carbocycles. The lowest BCUT2D eigenvalue weighted by Crippen LogP contribution is -2.14. The van der Waals surface area contributed by atoms with Crippen LogP contribution in [0.4, 0.5) is 0 Å². The average molecular weight is 239 g/mol. The Kier molecular flexibility index (Phi) is 3.87. The van der Waals surface area contributed by atoms with Crippen molar-refractivity contribution in [3.8, 4) is 6.07 Å². The molecule has 0 unspecified atom stereocenters. The van der Waals surface area contributed by atoms with Crippen molar-refractivity contribution in [2.45, 2.75) is 46.0 Å². The summed E-state index contributed by atoms with van der Waals surface area (Å²) < 4.78 is 0. The average Bonchev–Trinajstić information content (AvgIpc) is 2.33. The number of rotatable bonds is 4. The van der Waals surface area contributed by atoms with Crippen molar-refractivity contribution in [1.82, 2.24) is 0 Å². The summed E-state index contributed by atoms with van der Waals surface area (Å²) in [5.41, 5.74) is 5.62. The van der Waals surface area contributed by atoms with Crippen LogP contribution in [0.15, 0.2) is 18.7 Å². The third-order valence-corrected chi connectivity index (χ3v) is 4.11. The molecule has 0 atom stereocenters. The summed E-state index contributed by atoms with van der Waals surface area (Å²) in [6.07, 6.45) is 6.02. The van der Waals surface area contributed by atoms with E-state index in [1.807, 2.05) is 6.07 Å². The topological polar surface area (TPSA) is 23.8 Å². The fraction of sp³-hybridized carbons (Fsp3) is 0.471. The van der Waals surface area contributed by atoms with E-state index >= 15 is 0 Å². The third-order valence-electron chi connectivity index (χ3n) is 4.11. The summed E-state index contributed by atoms with van der Waals surface area (Å²) >= 11 is 0. The number of aryl methyl sites for hydroxylation is 1. The Labute approximate surface area is 110 Å². The van der Waals surface area contributed by atoms with Crippen LogP contribution in [0.2, 0.25) is 0 Å². The van der Waals surface area contributed by atoms with Crippen LogP contribution < -0.4 is 0 Å². The molecule has 1 saturated carbocycles. The Hall–Kier alpha value is -1.55. The first kappa shape index (κ1) is 12.9. The van der Waals surface area contributed by atoms with Crippen LogP contribution in [0.25, 0.3) is 5.57 Å². The second-order valence-electron chi connectivity index (χ2n) is 5.39. The van der Waals surface area contributed by atoms with Crippen molar-refractivity contribution in [2.75, 3.05) is 0 Å². The van der Waals surface area contributed by atoms with Crippen LogP contribution >= 0.6 is 0 Å². The van der Waals surface area contributed by atoms with Crippen molar-refractivity contribution in [3.63, 3.8) is 0 Å². The Balaban J connectivity index is 2.33. The van der Waals surface area contributed by atoms with Crippen LogP contribution in [-0.2, 0) is 6.42 Å². The SMILES string of the molecule is C=C(CC)c1cc(C#N)c(CC2CCC2)cc1C. The zero-order valence-corrected chi connectivity index (χ0v) is 11.4. The number of nitrogens with zero attached hydrogens (tertiary/aromatic N) is 1. The highest BCUT2D eigenvalue weighted by Crippen LogP contribution is 2.32. The molecule has 0 spiro atoms. The molecule has 0 saturated heterocycles. The van der Waals surface area contributed by atoms with Crippen LogP contribution in [-0.4, -0.2) is 0 Å². The Morgan fingerprint density at radius 3 is 2.67 bits per heavy atom. The number of hydrogen-bond donors (Lipinski definition) is 0. The molecule has 0 heterocycles. The van der Waals surface area contributed by atoms with Gasteiger partial charge in [0.25, 0.3) is 0 Å². The maximum Gasteiger partial charge on any atom is 0.0994 e. The molecule has 18 heavy (non-hydrogen) atoms. The van der Waals surface area contributed by atoms with Gasteiger partial charge in [-0.15, -0.1) is 0 Å². The van der Waals surface area contributed by atoms with Gasteiger partial charge >= 0.3 is 0 Å². The van der Waals surface area contributed by atoms with Crippen LogP contribution in [0.3, 0.4) is 0 Å². The van der Waals surface area contributed by atoms with E-state index in [0.717, 1.165) is 35.5 Å². The molecule has 1 aromatic rings. The molecular formula is C17H21N. The standard InChI is InChI=1S/C17H21N/c1-4-12(2)17-10-16(11-18)15(8-13(17)3)9-14-6-5-7-14/h8,10,14H,2,4-7,9H2,1,3H3. The Morgan fingerprint density at radius 2 is 2.17 bits per heavy atom. The molecule has 94 valence electrons. The molecule has 0 aliphatic heterocycles. The van der Waals surface area contributed by atoms with Gasteiger partial charge in [0.05, 0.1) is 11.6 Å². The summed E-state index contributed by atoms with van der Waals surface area (Å²) in [5.74, 6) is 0.803. The largest absolute Gasteiger partial charge is 0.192 e. The van der Waals surface area contributed by atoms with Crippen molar-refractivity contribution >= 4 is 5.57 Å². The third kappa shape index (κ3) is 2.48. The molecule has 0 amide bonds. The molecule has 0 N–H and O–H groups in total. The van der Waals surface area contributed by atoms with E-state index < -0.39 is 0 Å². The van der Waals surface area contributed by atoms with Gasteiger partial charge in [0, 0.05) is 0 Å². The summed E-state index contributed by atoms with van der Waals surface area (Å²) in [7, 11) is 0. The predicted octanol–water partition coefficient (Wildman–Crippen LogP) is 4.63. The lowest BCUT2D eigenvalue weighted by Gasteiger charge is -2.26. The number of hydrogen-bond acceptors (Lipinski definition) is 1. The first-order valence-electron chi connectivity index (χ1n) is 6.87. The molecule has 0 aromatic heterocycles. The molecule has 1 heteroatoms. The summed E-state index contributed by atoms with van der Waals surface area (Å²) in [5, 5.41) is 9.31. The molecule has 2 rings (SSSR count). The molecule has 0 bridgehead atoms. The second-order valence-corrected chi connectivity index (χ2v) is 5.39. The van der Waals surface area contributed by atoms with E-state index in [4.69, 9.17) is 0 Å². The van der Waals surface area contributed by atoms with E-state index in [9.17, 15) is 5.26 Å². The second kappa shape index (κ2) is 5.40. The van der Waals surface area contributed by atoms with Gasteiger partial charge in [-0.05, 0) is 54.0 Å². The van der Waals surface area contributed by atoms with Crippen molar-refractivity contribution in [2.24, 2.45) is 5.92 Å². The summed E-state index contributed by atoms with van der Waals surface area (Å²) in [6, 6.07) is 6.59. The number of nitriles is 1. The summed E-state index contributed by atoms with van der Waals surface area (Å²) in [4.78, 5) is 0. The van der Waals surface area contributed by atoms with E-state index in [2.05, 4.69) is 32.6 Å². The number of benzene rings is 1. The van der Waals surface area contributed by atoms with Gasteiger partial charge in [-0.1, -0.05) is 38.8 Å². The smallest absolute Gasteiger partial charge is 0.0994 e. The lowest BCUT2D eigenvalue weighted by molar-refractivity contribution is 0.314. The highest BCUT2D eigenvalue weighted by molar-refractivity contribution is 5.68. The maximum atomic E-state index is 9.31. The molecule has 1 fully saturated rings. The molecule has 1 aliphatic rings. The minimum absolute atomic E-state index is 0.803. The zero-order valence-electron chi connectivity index (χ0n) is 11.4. The highest BCUT2D eigenvalue weighted by Gasteiger charge is 2.20. The number of allylic oxidation sites excluding steroid dienone is 1. The van der Waals surface area contributed by atoms with Crippen LogP contribution in [0, 0.1) is 24.2 Å². The van der Waals surface area contributed by atoms with Crippen molar-refractivity contribution < 1.29 is 0 Å². The minimum Gasteiger partial charge on any atom is -0.192 e. The fourth-order valence-corrected chi connectivity index (χ4v) is 2.62. The van der Waals surface area contributed by atoms with Gasteiger partial charge < -0.3 is 0 Å². The van der Waals surface area contributed by atoms with Gasteiger partial charge in [-0.3, -0.25) is 0 Å². The first-order chi connectivity index (χ1) is 8.65. The van der Waals surface area contributed by atoms with Crippen LogP contribution in [0.5, 0.6) is 0 Å². The highest BCUT2D eigenvalue weighted by atomic mass is 14.3. The fourth-order valence-electron chi connectivity index (χ4n) is 2.62. The monoisotopic (exact) mass is 239 g/mol. The maximum absolute atomic E-state index is 9.31. The predicted molar refractivity (Wildman–Crippen MR) is 76.3 cm³/mol. The van der Waals surface area contributed by atoms with E-state index in [1.54, 1.807) is 0 Å². The quantitative estimate of drug-likeness (QED) is 0.751. The molecule has 1 nitrogen and oxygen atoms in total. The van der Waals surface area contributed by atoms with Gasteiger partial charge in [0.15, 0.2) is 0 Å². The summed E-state index contributed by atoms with van der Waals surface area (Å²) in [6.45, 7) is 8.32. The lowest BCUT2D eigenvalue weighted by atomic mass is 9.79. The first-order valence-corrected chi connectivity index (χ1v) is 6.87. The van der Waals surface area contributed by atoms with Gasteiger partial charge in [-0.25, -0.2) is 0 Å². The van der Waals surface area contributed by atoms with Crippen molar-refractivity contribution in [3.05, 3.63) is 41.0 Å². The van der Waals surface area contributed by atoms with Gasteiger partial charge in [0.2, 0.25) is 0 Å². The molecule has 0 radical (unpaired) electrons. The zero-order chi connectivity index (χ0) is 13.1. The van der Waals surface area contributed by atoms with Gasteiger partial charge in [-0.2, -0.15) is 5.26 Å². The van der Waals surface area contributed by atoms with E-state index in [-0.39, 0.29) is 0 Å². The molecular weight excluding hydrogens is 218 g/mol.